The number of carbonyl (C=O) groups is 1. The van der Waals surface area contributed by atoms with Gasteiger partial charge < -0.3 is 18.9 Å². The van der Waals surface area contributed by atoms with Gasteiger partial charge in [0.1, 0.15) is 5.60 Å². The summed E-state index contributed by atoms with van der Waals surface area (Å²) in [4.78, 5) is 14.4. The van der Waals surface area contributed by atoms with Crippen LogP contribution in [0.5, 0.6) is 0 Å². The lowest BCUT2D eigenvalue weighted by Crippen LogP contribution is -2.65. The third kappa shape index (κ3) is 2.63. The van der Waals surface area contributed by atoms with Gasteiger partial charge in [0.2, 0.25) is 0 Å². The van der Waals surface area contributed by atoms with Crippen molar-refractivity contribution in [3.63, 3.8) is 0 Å². The number of ether oxygens (including phenoxy) is 1. The molecule has 0 spiro atoms. The van der Waals surface area contributed by atoms with Crippen LogP contribution in [-0.2, 0) is 14.0 Å². The second-order valence-corrected chi connectivity index (χ2v) is 10.2. The van der Waals surface area contributed by atoms with Gasteiger partial charge in [-0.1, -0.05) is 13.8 Å². The van der Waals surface area contributed by atoms with Crippen LogP contribution in [0.4, 0.5) is 4.79 Å². The molecule has 3 saturated carbocycles. The number of rotatable bonds is 1. The summed E-state index contributed by atoms with van der Waals surface area (Å²) in [6, 6.07) is 0. The van der Waals surface area contributed by atoms with Crippen molar-refractivity contribution in [1.29, 1.82) is 0 Å². The molecule has 1 unspecified atom stereocenters. The van der Waals surface area contributed by atoms with Crippen LogP contribution in [0.25, 0.3) is 0 Å². The highest BCUT2D eigenvalue weighted by molar-refractivity contribution is 6.47. The molecule has 0 aromatic rings. The van der Waals surface area contributed by atoms with Gasteiger partial charge in [-0.05, 0) is 70.6 Å². The van der Waals surface area contributed by atoms with Gasteiger partial charge in [-0.3, -0.25) is 0 Å². The summed E-state index contributed by atoms with van der Waals surface area (Å²) in [5, 5.41) is 0. The number of likely N-dealkylation sites (tertiary alicyclic amines) is 1. The summed E-state index contributed by atoms with van der Waals surface area (Å²) in [7, 11) is -0.319. The Morgan fingerprint density at radius 1 is 1.24 bits per heavy atom. The molecule has 5 nitrogen and oxygen atoms in total. The molecule has 3 aliphatic carbocycles. The van der Waals surface area contributed by atoms with Crippen LogP contribution < -0.4 is 0 Å². The molecular formula is C19H32BNO4. The Kier molecular flexibility index (Phi) is 3.80. The van der Waals surface area contributed by atoms with E-state index in [0.717, 1.165) is 31.7 Å². The Labute approximate surface area is 151 Å². The van der Waals surface area contributed by atoms with E-state index in [1.807, 2.05) is 25.7 Å². The zero-order valence-electron chi connectivity index (χ0n) is 16.5. The van der Waals surface area contributed by atoms with Crippen molar-refractivity contribution < 1.29 is 18.8 Å². The SMILES string of the molecule is CC(C)(C)OC(=O)N1CCC[C@H]1B1OC2C[C@@H]3C[C@@H](C3(C)C)[C@]2(C)O1. The van der Waals surface area contributed by atoms with Gasteiger partial charge in [0.25, 0.3) is 0 Å². The molecule has 2 saturated heterocycles. The van der Waals surface area contributed by atoms with Crippen molar-refractivity contribution in [2.24, 2.45) is 17.3 Å². The van der Waals surface area contributed by atoms with E-state index in [4.69, 9.17) is 14.0 Å². The van der Waals surface area contributed by atoms with Crippen molar-refractivity contribution in [3.8, 4) is 0 Å². The molecule has 140 valence electrons. The van der Waals surface area contributed by atoms with E-state index in [2.05, 4.69) is 20.8 Å². The van der Waals surface area contributed by atoms with Gasteiger partial charge in [0.05, 0.1) is 17.6 Å². The zero-order chi connectivity index (χ0) is 18.2. The molecule has 5 rings (SSSR count). The maximum absolute atomic E-state index is 12.6. The Hall–Kier alpha value is -0.745. The minimum Gasteiger partial charge on any atom is -0.444 e. The molecule has 1 amide bonds. The van der Waals surface area contributed by atoms with Crippen molar-refractivity contribution in [3.05, 3.63) is 0 Å². The minimum absolute atomic E-state index is 0.0300. The molecule has 5 atom stereocenters. The number of nitrogens with zero attached hydrogens (tertiary/aromatic N) is 1. The first kappa shape index (κ1) is 17.7. The monoisotopic (exact) mass is 349 g/mol. The highest BCUT2D eigenvalue weighted by Gasteiger charge is 2.69. The molecule has 2 heterocycles. The summed E-state index contributed by atoms with van der Waals surface area (Å²) < 4.78 is 18.5. The van der Waals surface area contributed by atoms with Crippen LogP contribution in [0.3, 0.4) is 0 Å². The van der Waals surface area contributed by atoms with Gasteiger partial charge in [0.15, 0.2) is 0 Å². The minimum atomic E-state index is -0.479. The smallest absolute Gasteiger partial charge is 0.444 e. The van der Waals surface area contributed by atoms with Gasteiger partial charge >= 0.3 is 13.2 Å². The van der Waals surface area contributed by atoms with Gasteiger partial charge in [0, 0.05) is 6.54 Å². The third-order valence-corrected chi connectivity index (χ3v) is 7.21. The maximum atomic E-state index is 12.6. The molecule has 5 aliphatic rings. The molecule has 0 N–H and O–H groups in total. The van der Waals surface area contributed by atoms with Crippen molar-refractivity contribution in [1.82, 2.24) is 4.90 Å². The molecule has 0 aromatic heterocycles. The van der Waals surface area contributed by atoms with E-state index < -0.39 is 5.60 Å². The predicted molar refractivity (Wildman–Crippen MR) is 96.1 cm³/mol. The second kappa shape index (κ2) is 5.38. The number of carbonyl (C=O) groups excluding carboxylic acids is 1. The fourth-order valence-electron chi connectivity index (χ4n) is 5.69. The Balaban J connectivity index is 1.49. The lowest BCUT2D eigenvalue weighted by Gasteiger charge is -2.64. The average Bonchev–Trinajstić information content (AvgIpc) is 3.07. The third-order valence-electron chi connectivity index (χ3n) is 7.21. The number of amides is 1. The van der Waals surface area contributed by atoms with E-state index in [9.17, 15) is 4.79 Å². The molecule has 25 heavy (non-hydrogen) atoms. The first-order valence-corrected chi connectivity index (χ1v) is 9.85. The van der Waals surface area contributed by atoms with Crippen molar-refractivity contribution >= 4 is 13.2 Å². The molecule has 5 fully saturated rings. The van der Waals surface area contributed by atoms with Gasteiger partial charge in [-0.25, -0.2) is 4.79 Å². The quantitative estimate of drug-likeness (QED) is 0.678. The first-order chi connectivity index (χ1) is 11.5. The normalized spacial score (nSPS) is 42.2. The van der Waals surface area contributed by atoms with Crippen LogP contribution in [0.1, 0.15) is 67.2 Å². The standard InChI is InChI=1S/C19H32BNO4/c1-17(2,3)23-16(22)21-9-7-8-15(21)20-24-14-11-12-10-13(18(12,4)5)19(14,6)25-20/h12-15H,7-11H2,1-6H3/t12-,13-,14?,15-,19-/m0/s1. The Bertz CT molecular complexity index is 574. The van der Waals surface area contributed by atoms with Gasteiger partial charge in [-0.2, -0.15) is 0 Å². The summed E-state index contributed by atoms with van der Waals surface area (Å²) in [5.41, 5.74) is -0.359. The van der Waals surface area contributed by atoms with Gasteiger partial charge in [-0.15, -0.1) is 0 Å². The summed E-state index contributed by atoms with van der Waals surface area (Å²) in [5.74, 6) is 1.26. The Morgan fingerprint density at radius 3 is 2.60 bits per heavy atom. The highest BCUT2D eigenvalue weighted by Crippen LogP contribution is 2.65. The lowest BCUT2D eigenvalue weighted by atomic mass is 9.43. The van der Waals surface area contributed by atoms with Crippen LogP contribution >= 0.6 is 0 Å². The summed E-state index contributed by atoms with van der Waals surface area (Å²) >= 11 is 0. The van der Waals surface area contributed by atoms with Crippen molar-refractivity contribution in [2.75, 3.05) is 6.54 Å². The number of hydrogen-bond donors (Lipinski definition) is 0. The molecular weight excluding hydrogens is 317 g/mol. The number of hydrogen-bond acceptors (Lipinski definition) is 4. The summed E-state index contributed by atoms with van der Waals surface area (Å²) in [6.45, 7) is 13.4. The maximum Gasteiger partial charge on any atom is 0.482 e. The largest absolute Gasteiger partial charge is 0.482 e. The molecule has 2 aliphatic heterocycles. The zero-order valence-corrected chi connectivity index (χ0v) is 16.5. The van der Waals surface area contributed by atoms with Crippen LogP contribution in [-0.4, -0.2) is 47.9 Å². The fraction of sp³-hybridized carbons (Fsp3) is 0.947. The van der Waals surface area contributed by atoms with E-state index in [0.29, 0.717) is 11.3 Å². The topological polar surface area (TPSA) is 48.0 Å². The average molecular weight is 349 g/mol. The van der Waals surface area contributed by atoms with E-state index in [1.165, 1.54) is 6.42 Å². The molecule has 0 radical (unpaired) electrons. The van der Waals surface area contributed by atoms with E-state index in [-0.39, 0.29) is 30.9 Å². The van der Waals surface area contributed by atoms with E-state index >= 15 is 0 Å². The second-order valence-electron chi connectivity index (χ2n) is 10.2. The summed E-state index contributed by atoms with van der Waals surface area (Å²) in [6.07, 6.45) is 4.14. The molecule has 2 bridgehead atoms. The Morgan fingerprint density at radius 2 is 1.96 bits per heavy atom. The predicted octanol–water partition coefficient (Wildman–Crippen LogP) is 3.65. The fourth-order valence-corrected chi connectivity index (χ4v) is 5.69. The van der Waals surface area contributed by atoms with Crippen molar-refractivity contribution in [2.45, 2.75) is 90.5 Å². The van der Waals surface area contributed by atoms with Crippen LogP contribution in [0.2, 0.25) is 0 Å². The lowest BCUT2D eigenvalue weighted by molar-refractivity contribution is -0.199. The van der Waals surface area contributed by atoms with E-state index in [1.54, 1.807) is 0 Å². The first-order valence-electron chi connectivity index (χ1n) is 9.85. The molecule has 6 heteroatoms. The van der Waals surface area contributed by atoms with Crippen LogP contribution in [0.15, 0.2) is 0 Å². The highest BCUT2D eigenvalue weighted by atomic mass is 16.7. The molecule has 0 aromatic carbocycles. The van der Waals surface area contributed by atoms with Crippen LogP contribution in [0, 0.1) is 17.3 Å².